The van der Waals surface area contributed by atoms with Gasteiger partial charge in [0.25, 0.3) is 0 Å². The SMILES string of the molecule is C1=Cc2c(oc3cccc(N(c4ccc(-c5ccccc5)cc4)c4cc5ccccc5c5ccccc45)c23)CN1. The minimum atomic E-state index is 0.685. The zero-order valence-electron chi connectivity index (χ0n) is 21.8. The van der Waals surface area contributed by atoms with Gasteiger partial charge in [0.1, 0.15) is 11.3 Å². The third kappa shape index (κ3) is 3.59. The lowest BCUT2D eigenvalue weighted by molar-refractivity contribution is 0.532. The second kappa shape index (κ2) is 9.18. The van der Waals surface area contributed by atoms with Crippen molar-refractivity contribution in [3.05, 3.63) is 145 Å². The van der Waals surface area contributed by atoms with Crippen molar-refractivity contribution in [3.63, 3.8) is 0 Å². The number of furan rings is 1. The summed E-state index contributed by atoms with van der Waals surface area (Å²) >= 11 is 0. The van der Waals surface area contributed by atoms with Gasteiger partial charge in [0, 0.05) is 16.6 Å². The minimum absolute atomic E-state index is 0.685. The monoisotopic (exact) mass is 514 g/mol. The molecule has 40 heavy (non-hydrogen) atoms. The molecule has 7 aromatic rings. The molecule has 0 aliphatic carbocycles. The van der Waals surface area contributed by atoms with Gasteiger partial charge in [-0.15, -0.1) is 0 Å². The Morgan fingerprint density at radius 1 is 0.600 bits per heavy atom. The van der Waals surface area contributed by atoms with Gasteiger partial charge in [-0.1, -0.05) is 97.1 Å². The molecule has 0 radical (unpaired) electrons. The molecular formula is C37H26N2O. The van der Waals surface area contributed by atoms with Gasteiger partial charge < -0.3 is 14.6 Å². The van der Waals surface area contributed by atoms with Crippen molar-refractivity contribution in [1.82, 2.24) is 5.32 Å². The highest BCUT2D eigenvalue weighted by atomic mass is 16.3. The molecular weight excluding hydrogens is 488 g/mol. The molecule has 0 bridgehead atoms. The Morgan fingerprint density at radius 3 is 2.17 bits per heavy atom. The lowest BCUT2D eigenvalue weighted by atomic mass is 9.98. The number of hydrogen-bond donors (Lipinski definition) is 1. The van der Waals surface area contributed by atoms with Crippen LogP contribution in [0.25, 0.3) is 49.7 Å². The Bertz CT molecular complexity index is 2050. The van der Waals surface area contributed by atoms with Crippen LogP contribution >= 0.6 is 0 Å². The van der Waals surface area contributed by atoms with E-state index in [1.165, 1.54) is 32.7 Å². The van der Waals surface area contributed by atoms with Crippen LogP contribution in [0.2, 0.25) is 0 Å². The van der Waals surface area contributed by atoms with Crippen molar-refractivity contribution in [3.8, 4) is 11.1 Å². The summed E-state index contributed by atoms with van der Waals surface area (Å²) in [5.74, 6) is 0.965. The maximum atomic E-state index is 6.35. The van der Waals surface area contributed by atoms with Gasteiger partial charge in [-0.05, 0) is 69.9 Å². The Labute approximate surface area is 232 Å². The van der Waals surface area contributed by atoms with Crippen LogP contribution in [0.4, 0.5) is 17.1 Å². The first kappa shape index (κ1) is 22.7. The molecule has 0 spiro atoms. The quantitative estimate of drug-likeness (QED) is 0.237. The van der Waals surface area contributed by atoms with E-state index >= 15 is 0 Å². The van der Waals surface area contributed by atoms with Gasteiger partial charge >= 0.3 is 0 Å². The van der Waals surface area contributed by atoms with E-state index in [0.717, 1.165) is 39.4 Å². The number of nitrogens with zero attached hydrogens (tertiary/aromatic N) is 1. The molecule has 190 valence electrons. The number of hydrogen-bond acceptors (Lipinski definition) is 3. The van der Waals surface area contributed by atoms with Crippen LogP contribution in [0, 0.1) is 0 Å². The van der Waals surface area contributed by atoms with Crippen molar-refractivity contribution < 1.29 is 4.42 Å². The summed E-state index contributed by atoms with van der Waals surface area (Å²) in [6.07, 6.45) is 4.14. The van der Waals surface area contributed by atoms with Crippen LogP contribution in [-0.2, 0) is 6.54 Å². The van der Waals surface area contributed by atoms with Gasteiger partial charge in [-0.25, -0.2) is 0 Å². The van der Waals surface area contributed by atoms with Crippen LogP contribution in [0.5, 0.6) is 0 Å². The van der Waals surface area contributed by atoms with E-state index in [-0.39, 0.29) is 0 Å². The number of anilines is 3. The Balaban J connectivity index is 1.43. The fraction of sp³-hybridized carbons (Fsp3) is 0.0270. The molecule has 3 nitrogen and oxygen atoms in total. The third-order valence-corrected chi connectivity index (χ3v) is 7.90. The average Bonchev–Trinajstić information content (AvgIpc) is 3.41. The van der Waals surface area contributed by atoms with E-state index in [1.54, 1.807) is 0 Å². The molecule has 1 N–H and O–H groups in total. The molecule has 1 aliphatic rings. The van der Waals surface area contributed by atoms with Gasteiger partial charge in [-0.3, -0.25) is 0 Å². The van der Waals surface area contributed by atoms with E-state index in [9.17, 15) is 0 Å². The molecule has 0 saturated heterocycles. The lowest BCUT2D eigenvalue weighted by Gasteiger charge is -2.28. The molecule has 0 unspecified atom stereocenters. The average molecular weight is 515 g/mol. The van der Waals surface area contributed by atoms with E-state index < -0.39 is 0 Å². The van der Waals surface area contributed by atoms with Crippen LogP contribution < -0.4 is 10.2 Å². The zero-order valence-corrected chi connectivity index (χ0v) is 21.8. The first-order valence-electron chi connectivity index (χ1n) is 13.7. The van der Waals surface area contributed by atoms with E-state index in [1.807, 2.05) is 6.20 Å². The van der Waals surface area contributed by atoms with Crippen molar-refractivity contribution in [2.45, 2.75) is 6.54 Å². The molecule has 0 atom stereocenters. The zero-order chi connectivity index (χ0) is 26.5. The summed E-state index contributed by atoms with van der Waals surface area (Å²) in [5, 5.41) is 9.34. The van der Waals surface area contributed by atoms with Crippen molar-refractivity contribution in [2.24, 2.45) is 0 Å². The summed E-state index contributed by atoms with van der Waals surface area (Å²) in [4.78, 5) is 2.40. The number of nitrogens with one attached hydrogen (secondary N) is 1. The normalized spacial score (nSPS) is 12.5. The van der Waals surface area contributed by atoms with Crippen LogP contribution in [-0.4, -0.2) is 0 Å². The molecule has 0 amide bonds. The van der Waals surface area contributed by atoms with Crippen LogP contribution in [0.3, 0.4) is 0 Å². The van der Waals surface area contributed by atoms with Gasteiger partial charge in [0.05, 0.1) is 23.3 Å². The molecule has 1 aliphatic heterocycles. The van der Waals surface area contributed by atoms with Crippen LogP contribution in [0.1, 0.15) is 11.3 Å². The third-order valence-electron chi connectivity index (χ3n) is 7.90. The first-order valence-corrected chi connectivity index (χ1v) is 13.7. The molecule has 8 rings (SSSR count). The summed E-state index contributed by atoms with van der Waals surface area (Å²) in [6.45, 7) is 0.685. The van der Waals surface area contributed by atoms with Gasteiger partial charge in [0.2, 0.25) is 0 Å². The van der Waals surface area contributed by atoms with E-state index in [2.05, 4.69) is 144 Å². The topological polar surface area (TPSA) is 28.4 Å². The Kier molecular flexibility index (Phi) is 5.20. The van der Waals surface area contributed by atoms with Gasteiger partial charge in [0.15, 0.2) is 0 Å². The molecule has 0 fully saturated rings. The maximum absolute atomic E-state index is 6.35. The smallest absolute Gasteiger partial charge is 0.137 e. The fourth-order valence-electron chi connectivity index (χ4n) is 6.05. The first-order chi connectivity index (χ1) is 19.8. The largest absolute Gasteiger partial charge is 0.458 e. The molecule has 6 aromatic carbocycles. The highest BCUT2D eigenvalue weighted by Gasteiger charge is 2.24. The van der Waals surface area contributed by atoms with Crippen LogP contribution in [0.15, 0.2) is 138 Å². The molecule has 0 saturated carbocycles. The number of fused-ring (bicyclic) bond motifs is 6. The van der Waals surface area contributed by atoms with Crippen molar-refractivity contribution >= 4 is 55.7 Å². The predicted octanol–water partition coefficient (Wildman–Crippen LogP) is 9.95. The lowest BCUT2D eigenvalue weighted by Crippen LogP contribution is -2.12. The Hall–Kier alpha value is -5.28. The predicted molar refractivity (Wildman–Crippen MR) is 167 cm³/mol. The summed E-state index contributed by atoms with van der Waals surface area (Å²) in [7, 11) is 0. The highest BCUT2D eigenvalue weighted by Crippen LogP contribution is 2.46. The minimum Gasteiger partial charge on any atom is -0.458 e. The van der Waals surface area contributed by atoms with Crippen molar-refractivity contribution in [2.75, 3.05) is 4.90 Å². The maximum Gasteiger partial charge on any atom is 0.137 e. The standard InChI is InChI=1S/C37H26N2O/c1-2-9-25(10-3-1)26-17-19-28(20-18-26)39(33-15-8-16-35-37(33)32-21-22-38-24-36(32)40-35)34-23-27-11-4-5-12-29(27)30-13-6-7-14-31(30)34/h1-23,38H,24H2. The van der Waals surface area contributed by atoms with Gasteiger partial charge in [-0.2, -0.15) is 0 Å². The van der Waals surface area contributed by atoms with E-state index in [0.29, 0.717) is 6.54 Å². The number of rotatable bonds is 4. The highest BCUT2D eigenvalue weighted by molar-refractivity contribution is 6.16. The molecule has 2 heterocycles. The number of benzene rings is 6. The van der Waals surface area contributed by atoms with E-state index in [4.69, 9.17) is 4.42 Å². The summed E-state index contributed by atoms with van der Waals surface area (Å²) < 4.78 is 6.35. The summed E-state index contributed by atoms with van der Waals surface area (Å²) in [6, 6.07) is 45.5. The second-order valence-corrected chi connectivity index (χ2v) is 10.2. The molecule has 1 aromatic heterocycles. The fourth-order valence-corrected chi connectivity index (χ4v) is 6.05. The Morgan fingerprint density at radius 2 is 1.32 bits per heavy atom. The second-order valence-electron chi connectivity index (χ2n) is 10.2. The van der Waals surface area contributed by atoms with Crippen molar-refractivity contribution in [1.29, 1.82) is 0 Å². The summed E-state index contributed by atoms with van der Waals surface area (Å²) in [5.41, 5.74) is 7.78. The molecule has 3 heteroatoms.